The van der Waals surface area contributed by atoms with E-state index in [1.165, 1.54) is 4.57 Å². The molecule has 35 heavy (non-hydrogen) atoms. The molecule has 0 fully saturated rings. The fraction of sp³-hybridized carbons (Fsp3) is 0.214. The number of fused-ring (bicyclic) bond motifs is 1. The zero-order valence-corrected chi connectivity index (χ0v) is 20.0. The Morgan fingerprint density at radius 3 is 2.37 bits per heavy atom. The van der Waals surface area contributed by atoms with Gasteiger partial charge in [-0.05, 0) is 49.7 Å². The van der Waals surface area contributed by atoms with Gasteiger partial charge in [0.25, 0.3) is 5.56 Å². The second-order valence-corrected chi connectivity index (χ2v) is 8.35. The molecule has 0 radical (unpaired) electrons. The van der Waals surface area contributed by atoms with Crippen molar-refractivity contribution < 1.29 is 9.59 Å². The summed E-state index contributed by atoms with van der Waals surface area (Å²) in [5.74, 6) is -0.447. The van der Waals surface area contributed by atoms with Crippen molar-refractivity contribution in [3.63, 3.8) is 0 Å². The fourth-order valence-electron chi connectivity index (χ4n) is 4.07. The number of amides is 2. The molecule has 0 bridgehead atoms. The van der Waals surface area contributed by atoms with Gasteiger partial charge in [0.15, 0.2) is 0 Å². The van der Waals surface area contributed by atoms with Crippen molar-refractivity contribution in [1.82, 2.24) is 9.55 Å². The highest BCUT2D eigenvalue weighted by atomic mass is 16.2. The van der Waals surface area contributed by atoms with Crippen LogP contribution in [0.1, 0.15) is 38.3 Å². The van der Waals surface area contributed by atoms with Gasteiger partial charge in [0.05, 0.1) is 16.7 Å². The summed E-state index contributed by atoms with van der Waals surface area (Å²) < 4.78 is 1.52. The summed E-state index contributed by atoms with van der Waals surface area (Å²) in [6.45, 7) is 5.55. The molecular weight excluding hydrogens is 440 g/mol. The molecule has 0 spiro atoms. The number of benzene rings is 3. The molecule has 4 rings (SSSR count). The normalized spacial score (nSPS) is 11.7. The number of anilines is 2. The van der Waals surface area contributed by atoms with Crippen LogP contribution in [0.4, 0.5) is 11.4 Å². The number of hydrogen-bond acceptors (Lipinski definition) is 4. The Hall–Kier alpha value is -4.26. The minimum Gasteiger partial charge on any atom is -0.325 e. The van der Waals surface area contributed by atoms with Crippen LogP contribution < -0.4 is 16.2 Å². The number of aryl methyl sites for hydroxylation is 1. The largest absolute Gasteiger partial charge is 0.325 e. The standard InChI is InChI=1S/C28H28N4O3/c1-4-23(27(34)29-19-11-7-6-8-12-19)32-24-14-10-9-13-22(24)31-26(28(32)35)20-17-18(3)15-16-21(20)30-25(33)5-2/h6-17,23H,4-5H2,1-3H3,(H,29,34)(H,30,33). The maximum absolute atomic E-state index is 14.0. The molecule has 3 aromatic carbocycles. The molecule has 4 aromatic rings. The van der Waals surface area contributed by atoms with E-state index in [0.717, 1.165) is 5.56 Å². The minimum absolute atomic E-state index is 0.162. The second kappa shape index (κ2) is 10.3. The third kappa shape index (κ3) is 4.99. The summed E-state index contributed by atoms with van der Waals surface area (Å²) in [4.78, 5) is 44.2. The molecule has 0 saturated heterocycles. The van der Waals surface area contributed by atoms with Crippen molar-refractivity contribution in [3.05, 3.63) is 88.7 Å². The van der Waals surface area contributed by atoms with Gasteiger partial charge >= 0.3 is 0 Å². The smallest absolute Gasteiger partial charge is 0.278 e. The van der Waals surface area contributed by atoms with Crippen LogP contribution in [0.5, 0.6) is 0 Å². The quantitative estimate of drug-likeness (QED) is 0.384. The van der Waals surface area contributed by atoms with E-state index in [4.69, 9.17) is 0 Å². The number of para-hydroxylation sites is 3. The van der Waals surface area contributed by atoms with Crippen LogP contribution in [0.15, 0.2) is 77.6 Å². The molecule has 178 valence electrons. The van der Waals surface area contributed by atoms with E-state index in [9.17, 15) is 14.4 Å². The maximum Gasteiger partial charge on any atom is 0.278 e. The first-order valence-corrected chi connectivity index (χ1v) is 11.7. The molecule has 2 N–H and O–H groups in total. The van der Waals surface area contributed by atoms with E-state index in [1.807, 2.05) is 62.4 Å². The molecule has 0 saturated carbocycles. The zero-order valence-electron chi connectivity index (χ0n) is 20.0. The van der Waals surface area contributed by atoms with E-state index in [0.29, 0.717) is 40.8 Å². The monoisotopic (exact) mass is 468 g/mol. The molecule has 0 aliphatic rings. The van der Waals surface area contributed by atoms with Crippen molar-refractivity contribution in [3.8, 4) is 11.3 Å². The maximum atomic E-state index is 14.0. The minimum atomic E-state index is -0.757. The summed E-state index contributed by atoms with van der Waals surface area (Å²) in [5, 5.41) is 5.79. The summed E-state index contributed by atoms with van der Waals surface area (Å²) in [6, 6.07) is 21.2. The van der Waals surface area contributed by atoms with Crippen LogP contribution in [-0.2, 0) is 9.59 Å². The van der Waals surface area contributed by atoms with Gasteiger partial charge in [-0.3, -0.25) is 19.0 Å². The van der Waals surface area contributed by atoms with E-state index in [2.05, 4.69) is 15.6 Å². The predicted octanol–water partition coefficient (Wildman–Crippen LogP) is 5.31. The lowest BCUT2D eigenvalue weighted by atomic mass is 10.0. The number of rotatable bonds is 7. The topological polar surface area (TPSA) is 93.1 Å². The second-order valence-electron chi connectivity index (χ2n) is 8.35. The van der Waals surface area contributed by atoms with Gasteiger partial charge in [-0.15, -0.1) is 0 Å². The number of nitrogens with one attached hydrogen (secondary N) is 2. The Morgan fingerprint density at radius 2 is 1.66 bits per heavy atom. The summed E-state index contributed by atoms with van der Waals surface area (Å²) in [7, 11) is 0. The highest BCUT2D eigenvalue weighted by molar-refractivity contribution is 5.96. The Labute approximate surface area is 203 Å². The van der Waals surface area contributed by atoms with Gasteiger partial charge in [0, 0.05) is 17.7 Å². The molecule has 2 amide bonds. The van der Waals surface area contributed by atoms with Crippen LogP contribution in [0.2, 0.25) is 0 Å². The predicted molar refractivity (Wildman–Crippen MR) is 139 cm³/mol. The highest BCUT2D eigenvalue weighted by Gasteiger charge is 2.25. The lowest BCUT2D eigenvalue weighted by molar-refractivity contribution is -0.119. The molecule has 1 heterocycles. The van der Waals surface area contributed by atoms with Crippen LogP contribution >= 0.6 is 0 Å². The number of carbonyl (C=O) groups excluding carboxylic acids is 2. The molecule has 1 unspecified atom stereocenters. The van der Waals surface area contributed by atoms with Gasteiger partial charge in [-0.1, -0.05) is 55.8 Å². The fourth-order valence-corrected chi connectivity index (χ4v) is 4.07. The van der Waals surface area contributed by atoms with E-state index < -0.39 is 11.6 Å². The summed E-state index contributed by atoms with van der Waals surface area (Å²) in [6.07, 6.45) is 0.708. The van der Waals surface area contributed by atoms with E-state index in [1.54, 1.807) is 31.2 Å². The van der Waals surface area contributed by atoms with Crippen molar-refractivity contribution in [2.45, 2.75) is 39.7 Å². The average molecular weight is 469 g/mol. The molecular formula is C28H28N4O3. The van der Waals surface area contributed by atoms with Gasteiger partial charge in [-0.25, -0.2) is 4.98 Å². The Kier molecular flexibility index (Phi) is 7.06. The number of aromatic nitrogens is 2. The number of carbonyl (C=O) groups is 2. The zero-order chi connectivity index (χ0) is 24.9. The first-order chi connectivity index (χ1) is 16.9. The van der Waals surface area contributed by atoms with Crippen molar-refractivity contribution in [2.75, 3.05) is 10.6 Å². The number of hydrogen-bond donors (Lipinski definition) is 2. The lowest BCUT2D eigenvalue weighted by Gasteiger charge is -2.21. The number of nitrogens with zero attached hydrogens (tertiary/aromatic N) is 2. The van der Waals surface area contributed by atoms with E-state index in [-0.39, 0.29) is 17.5 Å². The van der Waals surface area contributed by atoms with Gasteiger partial charge in [-0.2, -0.15) is 0 Å². The highest BCUT2D eigenvalue weighted by Crippen LogP contribution is 2.29. The first-order valence-electron chi connectivity index (χ1n) is 11.7. The van der Waals surface area contributed by atoms with Crippen molar-refractivity contribution in [1.29, 1.82) is 0 Å². The summed E-state index contributed by atoms with van der Waals surface area (Å²) >= 11 is 0. The third-order valence-electron chi connectivity index (χ3n) is 5.86. The van der Waals surface area contributed by atoms with Gasteiger partial charge < -0.3 is 10.6 Å². The van der Waals surface area contributed by atoms with Crippen molar-refractivity contribution >= 4 is 34.2 Å². The van der Waals surface area contributed by atoms with Crippen LogP contribution in [0.3, 0.4) is 0 Å². The molecule has 7 nitrogen and oxygen atoms in total. The van der Waals surface area contributed by atoms with Gasteiger partial charge in [0.1, 0.15) is 11.7 Å². The molecule has 1 aromatic heterocycles. The molecule has 0 aliphatic carbocycles. The van der Waals surface area contributed by atoms with E-state index >= 15 is 0 Å². The SMILES string of the molecule is CCC(=O)Nc1ccc(C)cc1-c1nc2ccccc2n(C(CC)C(=O)Nc2ccccc2)c1=O. The Bertz CT molecular complexity index is 1440. The van der Waals surface area contributed by atoms with Gasteiger partial charge in [0.2, 0.25) is 11.8 Å². The Balaban J connectivity index is 1.91. The third-order valence-corrected chi connectivity index (χ3v) is 5.86. The van der Waals surface area contributed by atoms with Crippen LogP contribution in [0.25, 0.3) is 22.3 Å². The first kappa shape index (κ1) is 23.9. The molecule has 1 atom stereocenters. The molecule has 7 heteroatoms. The lowest BCUT2D eigenvalue weighted by Crippen LogP contribution is -2.34. The Morgan fingerprint density at radius 1 is 0.943 bits per heavy atom. The average Bonchev–Trinajstić information content (AvgIpc) is 2.87. The molecule has 0 aliphatic heterocycles. The van der Waals surface area contributed by atoms with Crippen molar-refractivity contribution in [2.24, 2.45) is 0 Å². The van der Waals surface area contributed by atoms with Crippen LogP contribution in [-0.4, -0.2) is 21.4 Å². The van der Waals surface area contributed by atoms with Crippen LogP contribution in [0, 0.1) is 6.92 Å². The summed E-state index contributed by atoms with van der Waals surface area (Å²) in [5.41, 5.74) is 3.56.